The summed E-state index contributed by atoms with van der Waals surface area (Å²) in [5, 5.41) is 0. The number of nitrogens with two attached hydrogens (primary N) is 1. The molecule has 0 atom stereocenters. The Kier molecular flexibility index (Phi) is 4.48. The first-order chi connectivity index (χ1) is 10.0. The molecule has 4 heteroatoms. The second-order valence-electron chi connectivity index (χ2n) is 4.87. The van der Waals surface area contributed by atoms with Gasteiger partial charge in [0.15, 0.2) is 5.75 Å². The Morgan fingerprint density at radius 2 is 1.81 bits per heavy atom. The molecular weight excluding hydrogens is 266 g/mol. The molecule has 0 aliphatic heterocycles. The first kappa shape index (κ1) is 14.9. The number of anilines is 1. The third-order valence-corrected chi connectivity index (χ3v) is 2.96. The van der Waals surface area contributed by atoms with Crippen LogP contribution in [0.5, 0.6) is 11.5 Å². The largest absolute Gasteiger partial charge is 0.462 e. The summed E-state index contributed by atoms with van der Waals surface area (Å²) >= 11 is 0. The van der Waals surface area contributed by atoms with E-state index >= 15 is 0 Å². The third-order valence-electron chi connectivity index (χ3n) is 2.96. The van der Waals surface area contributed by atoms with E-state index in [1.807, 2.05) is 32.0 Å². The standard InChI is InChI=1S/C17H19NO3/c1-4-20-17(19)14-6-5-7-15(18)16(14)21-13-9-11(2)8-12(3)10-13/h5-10H,4,18H2,1-3H3. The summed E-state index contributed by atoms with van der Waals surface area (Å²) in [7, 11) is 0. The van der Waals surface area contributed by atoms with E-state index < -0.39 is 5.97 Å². The summed E-state index contributed by atoms with van der Waals surface area (Å²) < 4.78 is 10.9. The highest BCUT2D eigenvalue weighted by atomic mass is 16.5. The smallest absolute Gasteiger partial charge is 0.342 e. The van der Waals surface area contributed by atoms with Crippen molar-refractivity contribution < 1.29 is 14.3 Å². The molecule has 2 rings (SSSR count). The number of rotatable bonds is 4. The quantitative estimate of drug-likeness (QED) is 0.684. The van der Waals surface area contributed by atoms with Crippen LogP contribution in [0.1, 0.15) is 28.4 Å². The highest BCUT2D eigenvalue weighted by molar-refractivity contribution is 5.94. The van der Waals surface area contributed by atoms with Gasteiger partial charge in [-0.1, -0.05) is 12.1 Å². The Balaban J connectivity index is 2.41. The number of hydrogen-bond donors (Lipinski definition) is 1. The molecule has 0 bridgehead atoms. The Hall–Kier alpha value is -2.49. The molecular formula is C17H19NO3. The van der Waals surface area contributed by atoms with Crippen LogP contribution in [0.3, 0.4) is 0 Å². The molecule has 0 unspecified atom stereocenters. The second-order valence-corrected chi connectivity index (χ2v) is 4.87. The number of benzene rings is 2. The molecule has 2 aromatic rings. The first-order valence-electron chi connectivity index (χ1n) is 6.83. The predicted octanol–water partition coefficient (Wildman–Crippen LogP) is 3.85. The van der Waals surface area contributed by atoms with Gasteiger partial charge in [0.2, 0.25) is 0 Å². The van der Waals surface area contributed by atoms with Crippen molar-refractivity contribution in [2.45, 2.75) is 20.8 Å². The van der Waals surface area contributed by atoms with Crippen LogP contribution in [0, 0.1) is 13.8 Å². The number of esters is 1. The van der Waals surface area contributed by atoms with Crippen molar-refractivity contribution in [2.75, 3.05) is 12.3 Å². The van der Waals surface area contributed by atoms with E-state index in [0.717, 1.165) is 11.1 Å². The number of para-hydroxylation sites is 1. The molecule has 0 saturated carbocycles. The van der Waals surface area contributed by atoms with Gasteiger partial charge >= 0.3 is 5.97 Å². The van der Waals surface area contributed by atoms with Crippen molar-refractivity contribution in [3.8, 4) is 11.5 Å². The zero-order valence-electron chi connectivity index (χ0n) is 12.5. The van der Waals surface area contributed by atoms with Gasteiger partial charge in [0, 0.05) is 0 Å². The maximum atomic E-state index is 12.0. The minimum atomic E-state index is -0.441. The zero-order chi connectivity index (χ0) is 15.4. The Bertz CT molecular complexity index is 645. The van der Waals surface area contributed by atoms with E-state index in [2.05, 4.69) is 0 Å². The number of hydrogen-bond acceptors (Lipinski definition) is 4. The molecule has 0 saturated heterocycles. The summed E-state index contributed by atoms with van der Waals surface area (Å²) in [5.41, 5.74) is 8.84. The monoisotopic (exact) mass is 285 g/mol. The van der Waals surface area contributed by atoms with Gasteiger partial charge in [-0.15, -0.1) is 0 Å². The lowest BCUT2D eigenvalue weighted by molar-refractivity contribution is 0.0523. The Labute approximate surface area is 124 Å². The number of aryl methyl sites for hydroxylation is 2. The number of nitrogen functional groups attached to an aromatic ring is 1. The highest BCUT2D eigenvalue weighted by Crippen LogP contribution is 2.32. The molecule has 2 N–H and O–H groups in total. The van der Waals surface area contributed by atoms with Crippen molar-refractivity contribution >= 4 is 11.7 Å². The van der Waals surface area contributed by atoms with Crippen LogP contribution in [-0.4, -0.2) is 12.6 Å². The lowest BCUT2D eigenvalue weighted by atomic mass is 10.1. The fourth-order valence-corrected chi connectivity index (χ4v) is 2.15. The van der Waals surface area contributed by atoms with Gasteiger partial charge < -0.3 is 15.2 Å². The summed E-state index contributed by atoms with van der Waals surface area (Å²) in [6, 6.07) is 10.9. The van der Waals surface area contributed by atoms with Crippen molar-refractivity contribution in [1.82, 2.24) is 0 Å². The van der Waals surface area contributed by atoms with Gasteiger partial charge in [0.1, 0.15) is 11.3 Å². The van der Waals surface area contributed by atoms with Gasteiger partial charge in [-0.2, -0.15) is 0 Å². The molecule has 0 radical (unpaired) electrons. The van der Waals surface area contributed by atoms with Crippen LogP contribution in [0.4, 0.5) is 5.69 Å². The first-order valence-corrected chi connectivity index (χ1v) is 6.83. The van der Waals surface area contributed by atoms with Crippen LogP contribution >= 0.6 is 0 Å². The van der Waals surface area contributed by atoms with Crippen molar-refractivity contribution in [2.24, 2.45) is 0 Å². The third kappa shape index (κ3) is 3.54. The van der Waals surface area contributed by atoms with E-state index in [4.69, 9.17) is 15.2 Å². The van der Waals surface area contributed by atoms with Crippen LogP contribution in [0.25, 0.3) is 0 Å². The summed E-state index contributed by atoms with van der Waals surface area (Å²) in [5.74, 6) is 0.543. The summed E-state index contributed by atoms with van der Waals surface area (Å²) in [4.78, 5) is 12.0. The summed E-state index contributed by atoms with van der Waals surface area (Å²) in [6.45, 7) is 6.03. The second kappa shape index (κ2) is 6.31. The van der Waals surface area contributed by atoms with Crippen molar-refractivity contribution in [1.29, 1.82) is 0 Å². The Morgan fingerprint density at radius 3 is 2.43 bits per heavy atom. The molecule has 0 fully saturated rings. The maximum absolute atomic E-state index is 12.0. The van der Waals surface area contributed by atoms with Crippen LogP contribution < -0.4 is 10.5 Å². The minimum Gasteiger partial charge on any atom is -0.462 e. The predicted molar refractivity (Wildman–Crippen MR) is 82.8 cm³/mol. The van der Waals surface area contributed by atoms with Crippen LogP contribution in [-0.2, 0) is 4.74 Å². The van der Waals surface area contributed by atoms with Gasteiger partial charge in [0.05, 0.1) is 12.3 Å². The van der Waals surface area contributed by atoms with Crippen molar-refractivity contribution in [3.63, 3.8) is 0 Å². The lowest BCUT2D eigenvalue weighted by Gasteiger charge is -2.13. The van der Waals surface area contributed by atoms with Gasteiger partial charge in [-0.05, 0) is 56.2 Å². The van der Waals surface area contributed by atoms with E-state index in [0.29, 0.717) is 29.4 Å². The van der Waals surface area contributed by atoms with Crippen molar-refractivity contribution in [3.05, 3.63) is 53.1 Å². The molecule has 0 heterocycles. The fraction of sp³-hybridized carbons (Fsp3) is 0.235. The molecule has 2 aromatic carbocycles. The average Bonchev–Trinajstić information content (AvgIpc) is 2.40. The molecule has 21 heavy (non-hydrogen) atoms. The minimum absolute atomic E-state index is 0.302. The lowest BCUT2D eigenvalue weighted by Crippen LogP contribution is -2.08. The maximum Gasteiger partial charge on any atom is 0.342 e. The molecule has 110 valence electrons. The van der Waals surface area contributed by atoms with Gasteiger partial charge in [-0.3, -0.25) is 0 Å². The molecule has 0 spiro atoms. The fourth-order valence-electron chi connectivity index (χ4n) is 2.15. The molecule has 0 aromatic heterocycles. The van der Waals surface area contributed by atoms with E-state index in [9.17, 15) is 4.79 Å². The highest BCUT2D eigenvalue weighted by Gasteiger charge is 2.17. The number of carbonyl (C=O) groups excluding carboxylic acids is 1. The average molecular weight is 285 g/mol. The number of ether oxygens (including phenoxy) is 2. The number of carbonyl (C=O) groups is 1. The van der Waals surface area contributed by atoms with Gasteiger partial charge in [-0.25, -0.2) is 4.79 Å². The Morgan fingerprint density at radius 1 is 1.14 bits per heavy atom. The van der Waals surface area contributed by atoms with Crippen LogP contribution in [0.15, 0.2) is 36.4 Å². The van der Waals surface area contributed by atoms with Crippen LogP contribution in [0.2, 0.25) is 0 Å². The van der Waals surface area contributed by atoms with E-state index in [1.165, 1.54) is 0 Å². The topological polar surface area (TPSA) is 61.5 Å². The SMILES string of the molecule is CCOC(=O)c1cccc(N)c1Oc1cc(C)cc(C)c1. The summed E-state index contributed by atoms with van der Waals surface area (Å²) in [6.07, 6.45) is 0. The molecule has 4 nitrogen and oxygen atoms in total. The zero-order valence-corrected chi connectivity index (χ0v) is 12.5. The normalized spacial score (nSPS) is 10.2. The van der Waals surface area contributed by atoms with Gasteiger partial charge in [0.25, 0.3) is 0 Å². The molecule has 0 amide bonds. The van der Waals surface area contributed by atoms with E-state index in [1.54, 1.807) is 25.1 Å². The molecule has 0 aliphatic carbocycles. The van der Waals surface area contributed by atoms with E-state index in [-0.39, 0.29) is 0 Å². The molecule has 0 aliphatic rings.